The number of benzene rings is 1. The summed E-state index contributed by atoms with van der Waals surface area (Å²) in [6, 6.07) is 4.31. The minimum atomic E-state index is -0.281. The average molecular weight is 226 g/mol. The Labute approximate surface area is 95.5 Å². The lowest BCUT2D eigenvalue weighted by Crippen LogP contribution is -2.04. The molecule has 16 heavy (non-hydrogen) atoms. The van der Waals surface area contributed by atoms with Crippen molar-refractivity contribution in [1.82, 2.24) is 0 Å². The molecule has 0 aliphatic carbocycles. The number of rotatable bonds is 7. The van der Waals surface area contributed by atoms with Crippen molar-refractivity contribution in [2.75, 3.05) is 24.2 Å². The molecule has 0 atom stereocenters. The van der Waals surface area contributed by atoms with E-state index in [4.69, 9.17) is 10.8 Å². The summed E-state index contributed by atoms with van der Waals surface area (Å²) in [5, 5.41) is 11.7. The van der Waals surface area contributed by atoms with Gasteiger partial charge in [0.1, 0.15) is 5.82 Å². The van der Waals surface area contributed by atoms with E-state index in [0.717, 1.165) is 32.2 Å². The number of unbranched alkanes of at least 4 members (excludes halogenated alkanes) is 3. The van der Waals surface area contributed by atoms with Gasteiger partial charge in [0.05, 0.1) is 11.4 Å². The number of hydrogen-bond donors (Lipinski definition) is 3. The standard InChI is InChI=1S/C12H19FN2O/c13-10-5-6-11(14)12(9-10)15-7-3-1-2-4-8-16/h5-6,9,15-16H,1-4,7-8,14H2. The SMILES string of the molecule is Nc1ccc(F)cc1NCCCCCCO. The Morgan fingerprint density at radius 3 is 2.69 bits per heavy atom. The van der Waals surface area contributed by atoms with E-state index < -0.39 is 0 Å². The molecule has 0 unspecified atom stereocenters. The van der Waals surface area contributed by atoms with E-state index >= 15 is 0 Å². The van der Waals surface area contributed by atoms with E-state index in [1.807, 2.05) is 0 Å². The molecular weight excluding hydrogens is 207 g/mol. The van der Waals surface area contributed by atoms with E-state index in [2.05, 4.69) is 5.32 Å². The molecular formula is C12H19FN2O. The molecule has 1 aromatic carbocycles. The van der Waals surface area contributed by atoms with Crippen LogP contribution in [0.15, 0.2) is 18.2 Å². The van der Waals surface area contributed by atoms with Crippen molar-refractivity contribution < 1.29 is 9.50 Å². The van der Waals surface area contributed by atoms with Crippen LogP contribution >= 0.6 is 0 Å². The van der Waals surface area contributed by atoms with Crippen molar-refractivity contribution in [2.45, 2.75) is 25.7 Å². The van der Waals surface area contributed by atoms with Gasteiger partial charge in [0, 0.05) is 13.2 Å². The molecule has 4 N–H and O–H groups in total. The highest BCUT2D eigenvalue weighted by molar-refractivity contribution is 5.65. The van der Waals surface area contributed by atoms with E-state index in [0.29, 0.717) is 11.4 Å². The number of nitrogens with two attached hydrogens (primary N) is 1. The zero-order valence-corrected chi connectivity index (χ0v) is 9.38. The predicted molar refractivity (Wildman–Crippen MR) is 64.9 cm³/mol. The lowest BCUT2D eigenvalue weighted by atomic mass is 10.2. The third-order valence-corrected chi connectivity index (χ3v) is 2.42. The molecule has 0 saturated carbocycles. The Morgan fingerprint density at radius 1 is 1.19 bits per heavy atom. The summed E-state index contributed by atoms with van der Waals surface area (Å²) in [6.07, 6.45) is 3.93. The van der Waals surface area contributed by atoms with Crippen molar-refractivity contribution in [3.05, 3.63) is 24.0 Å². The van der Waals surface area contributed by atoms with Gasteiger partial charge < -0.3 is 16.2 Å². The Hall–Kier alpha value is -1.29. The first-order valence-corrected chi connectivity index (χ1v) is 5.64. The number of nitrogens with one attached hydrogen (secondary N) is 1. The van der Waals surface area contributed by atoms with E-state index in [1.54, 1.807) is 6.07 Å². The second kappa shape index (κ2) is 7.06. The van der Waals surface area contributed by atoms with E-state index in [-0.39, 0.29) is 12.4 Å². The number of hydrogen-bond acceptors (Lipinski definition) is 3. The number of halogens is 1. The summed E-state index contributed by atoms with van der Waals surface area (Å²) in [5.41, 5.74) is 6.91. The van der Waals surface area contributed by atoms with Crippen molar-refractivity contribution in [2.24, 2.45) is 0 Å². The third kappa shape index (κ3) is 4.49. The first-order valence-electron chi connectivity index (χ1n) is 5.64. The number of anilines is 2. The maximum Gasteiger partial charge on any atom is 0.125 e. The highest BCUT2D eigenvalue weighted by atomic mass is 19.1. The quantitative estimate of drug-likeness (QED) is 0.494. The largest absolute Gasteiger partial charge is 0.397 e. The van der Waals surface area contributed by atoms with Crippen LogP contribution in [0.1, 0.15) is 25.7 Å². The van der Waals surface area contributed by atoms with E-state index in [9.17, 15) is 4.39 Å². The Balaban J connectivity index is 2.23. The lowest BCUT2D eigenvalue weighted by molar-refractivity contribution is 0.283. The molecule has 1 rings (SSSR count). The van der Waals surface area contributed by atoms with Crippen LogP contribution in [0.25, 0.3) is 0 Å². The van der Waals surface area contributed by atoms with Crippen molar-refractivity contribution in [3.63, 3.8) is 0 Å². The zero-order chi connectivity index (χ0) is 11.8. The highest BCUT2D eigenvalue weighted by Gasteiger charge is 1.99. The molecule has 4 heteroatoms. The first-order chi connectivity index (χ1) is 7.74. The van der Waals surface area contributed by atoms with Gasteiger partial charge in [0.25, 0.3) is 0 Å². The molecule has 0 fully saturated rings. The smallest absolute Gasteiger partial charge is 0.125 e. The van der Waals surface area contributed by atoms with Crippen LogP contribution in [-0.4, -0.2) is 18.3 Å². The van der Waals surface area contributed by atoms with Gasteiger partial charge in [-0.1, -0.05) is 12.8 Å². The lowest BCUT2D eigenvalue weighted by Gasteiger charge is -2.08. The fourth-order valence-electron chi connectivity index (χ4n) is 1.50. The van der Waals surface area contributed by atoms with Gasteiger partial charge in [-0.15, -0.1) is 0 Å². The fraction of sp³-hybridized carbons (Fsp3) is 0.500. The number of aliphatic hydroxyl groups is 1. The van der Waals surface area contributed by atoms with Gasteiger partial charge in [0.15, 0.2) is 0 Å². The van der Waals surface area contributed by atoms with Crippen molar-refractivity contribution in [3.8, 4) is 0 Å². The number of aliphatic hydroxyl groups excluding tert-OH is 1. The molecule has 0 aliphatic heterocycles. The van der Waals surface area contributed by atoms with Crippen LogP contribution in [0.4, 0.5) is 15.8 Å². The molecule has 0 saturated heterocycles. The van der Waals surface area contributed by atoms with Crippen LogP contribution in [0.2, 0.25) is 0 Å². The minimum absolute atomic E-state index is 0.254. The summed E-state index contributed by atoms with van der Waals surface area (Å²) in [5.74, 6) is -0.281. The van der Waals surface area contributed by atoms with Crippen LogP contribution in [-0.2, 0) is 0 Å². The Kier molecular flexibility index (Phi) is 5.64. The molecule has 0 heterocycles. The van der Waals surface area contributed by atoms with Crippen molar-refractivity contribution >= 4 is 11.4 Å². The molecule has 0 aliphatic rings. The molecule has 0 amide bonds. The first kappa shape index (κ1) is 12.8. The van der Waals surface area contributed by atoms with Gasteiger partial charge in [-0.2, -0.15) is 0 Å². The van der Waals surface area contributed by atoms with Crippen LogP contribution in [0, 0.1) is 5.82 Å². The molecule has 0 spiro atoms. The monoisotopic (exact) mass is 226 g/mol. The topological polar surface area (TPSA) is 58.3 Å². The summed E-state index contributed by atoms with van der Waals surface area (Å²) < 4.78 is 12.9. The Morgan fingerprint density at radius 2 is 1.94 bits per heavy atom. The molecule has 3 nitrogen and oxygen atoms in total. The van der Waals surface area contributed by atoms with Crippen LogP contribution < -0.4 is 11.1 Å². The second-order valence-corrected chi connectivity index (χ2v) is 3.80. The van der Waals surface area contributed by atoms with Gasteiger partial charge in [0.2, 0.25) is 0 Å². The Bertz CT molecular complexity index is 318. The van der Waals surface area contributed by atoms with Gasteiger partial charge in [-0.05, 0) is 31.0 Å². The molecule has 1 aromatic rings. The van der Waals surface area contributed by atoms with Crippen LogP contribution in [0.5, 0.6) is 0 Å². The minimum Gasteiger partial charge on any atom is -0.397 e. The maximum atomic E-state index is 12.9. The van der Waals surface area contributed by atoms with Gasteiger partial charge in [-0.25, -0.2) is 4.39 Å². The molecule has 0 bridgehead atoms. The van der Waals surface area contributed by atoms with E-state index in [1.165, 1.54) is 12.1 Å². The molecule has 90 valence electrons. The number of nitrogen functional groups attached to an aromatic ring is 1. The summed E-state index contributed by atoms with van der Waals surface area (Å²) in [4.78, 5) is 0. The summed E-state index contributed by atoms with van der Waals surface area (Å²) in [6.45, 7) is 1.03. The summed E-state index contributed by atoms with van der Waals surface area (Å²) >= 11 is 0. The van der Waals surface area contributed by atoms with Crippen molar-refractivity contribution in [1.29, 1.82) is 0 Å². The highest BCUT2D eigenvalue weighted by Crippen LogP contribution is 2.19. The normalized spacial score (nSPS) is 10.4. The van der Waals surface area contributed by atoms with Gasteiger partial charge in [-0.3, -0.25) is 0 Å². The van der Waals surface area contributed by atoms with Crippen LogP contribution in [0.3, 0.4) is 0 Å². The third-order valence-electron chi connectivity index (χ3n) is 2.42. The molecule has 0 radical (unpaired) electrons. The zero-order valence-electron chi connectivity index (χ0n) is 9.38. The fourth-order valence-corrected chi connectivity index (χ4v) is 1.50. The average Bonchev–Trinajstić information content (AvgIpc) is 2.28. The second-order valence-electron chi connectivity index (χ2n) is 3.80. The van der Waals surface area contributed by atoms with Gasteiger partial charge >= 0.3 is 0 Å². The molecule has 0 aromatic heterocycles. The predicted octanol–water partition coefficient (Wildman–Crippen LogP) is 2.37. The summed E-state index contributed by atoms with van der Waals surface area (Å²) in [7, 11) is 0. The maximum absolute atomic E-state index is 12.9.